The molecule has 0 aromatic heterocycles. The molecule has 0 amide bonds. The van der Waals surface area contributed by atoms with Crippen molar-refractivity contribution in [3.8, 4) is 0 Å². The van der Waals surface area contributed by atoms with Crippen molar-refractivity contribution in [2.45, 2.75) is 18.9 Å². The van der Waals surface area contributed by atoms with Crippen molar-refractivity contribution < 1.29 is 19.8 Å². The molecule has 0 aliphatic heterocycles. The number of hydrogen-bond donors (Lipinski definition) is 3. The summed E-state index contributed by atoms with van der Waals surface area (Å²) in [6.07, 6.45) is -0.224. The molecular formula is C5H12NNa3O4. The van der Waals surface area contributed by atoms with E-state index in [1.807, 2.05) is 0 Å². The second-order valence-electron chi connectivity index (χ2n) is 1.88. The van der Waals surface area contributed by atoms with E-state index in [2.05, 4.69) is 0 Å². The predicted octanol–water partition coefficient (Wildman–Crippen LogP) is -2.68. The molecule has 0 radical (unpaired) electrons. The average molecular weight is 219 g/mol. The van der Waals surface area contributed by atoms with E-state index in [4.69, 9.17) is 15.9 Å². The molecule has 0 saturated heterocycles. The molecule has 8 heteroatoms. The third-order valence-electron chi connectivity index (χ3n) is 0.986. The number of carboxylic acid groups (broad SMARTS) is 2. The van der Waals surface area contributed by atoms with E-state index in [9.17, 15) is 9.59 Å². The van der Waals surface area contributed by atoms with Crippen molar-refractivity contribution in [1.82, 2.24) is 0 Å². The summed E-state index contributed by atoms with van der Waals surface area (Å²) in [5.41, 5.74) is 5.00. The van der Waals surface area contributed by atoms with E-state index in [0.29, 0.717) is 0 Å². The van der Waals surface area contributed by atoms with Crippen molar-refractivity contribution in [3.05, 3.63) is 0 Å². The number of aliphatic carboxylic acids is 2. The molecule has 0 aromatic rings. The van der Waals surface area contributed by atoms with Crippen molar-refractivity contribution in [1.29, 1.82) is 0 Å². The summed E-state index contributed by atoms with van der Waals surface area (Å²) in [6.45, 7) is 0. The minimum absolute atomic E-state index is 0. The molecule has 5 nitrogen and oxygen atoms in total. The van der Waals surface area contributed by atoms with Gasteiger partial charge in [-0.15, -0.1) is 0 Å². The van der Waals surface area contributed by atoms with Gasteiger partial charge in [-0.2, -0.15) is 0 Å². The van der Waals surface area contributed by atoms with E-state index in [0.717, 1.165) is 0 Å². The second-order valence-corrected chi connectivity index (χ2v) is 1.88. The van der Waals surface area contributed by atoms with Gasteiger partial charge in [0.2, 0.25) is 0 Å². The summed E-state index contributed by atoms with van der Waals surface area (Å²) >= 11 is 0. The Morgan fingerprint density at radius 1 is 1.15 bits per heavy atom. The molecule has 0 saturated carbocycles. The van der Waals surface area contributed by atoms with Crippen LogP contribution in [0.2, 0.25) is 0 Å². The first-order valence-corrected chi connectivity index (χ1v) is 2.74. The molecule has 0 heterocycles. The SMILES string of the molecule is N[C@@H](CCC(=O)O)C(=O)O.[NaH].[NaH].[NaH]. The normalized spacial score (nSPS) is 9.62. The van der Waals surface area contributed by atoms with E-state index < -0.39 is 18.0 Å². The average Bonchev–Trinajstić information content (AvgIpc) is 1.82. The Morgan fingerprint density at radius 2 is 1.54 bits per heavy atom. The molecule has 13 heavy (non-hydrogen) atoms. The number of hydrogen-bond acceptors (Lipinski definition) is 3. The number of nitrogens with two attached hydrogens (primary N) is 1. The van der Waals surface area contributed by atoms with E-state index in [1.165, 1.54) is 0 Å². The van der Waals surface area contributed by atoms with Crippen LogP contribution in [0.3, 0.4) is 0 Å². The first kappa shape index (κ1) is 24.2. The quantitative estimate of drug-likeness (QED) is 0.447. The Morgan fingerprint density at radius 3 is 1.77 bits per heavy atom. The standard InChI is InChI=1S/C5H9NO4.3Na.3H/c6-3(5(9)10)1-2-4(7)8;;;;;;/h3H,1-2,6H2,(H,7,8)(H,9,10);;;;;;/t3-;;;;;;/m0....../s1. The molecule has 0 unspecified atom stereocenters. The van der Waals surface area contributed by atoms with Crippen LogP contribution in [0.25, 0.3) is 0 Å². The van der Waals surface area contributed by atoms with Crippen LogP contribution in [0.5, 0.6) is 0 Å². The summed E-state index contributed by atoms with van der Waals surface area (Å²) in [4.78, 5) is 19.9. The first-order valence-electron chi connectivity index (χ1n) is 2.74. The summed E-state index contributed by atoms with van der Waals surface area (Å²) in [6, 6.07) is -1.06. The van der Waals surface area contributed by atoms with E-state index in [1.54, 1.807) is 0 Å². The van der Waals surface area contributed by atoms with Crippen molar-refractivity contribution >= 4 is 101 Å². The summed E-state index contributed by atoms with van der Waals surface area (Å²) < 4.78 is 0. The Labute approximate surface area is 143 Å². The van der Waals surface area contributed by atoms with Crippen LogP contribution in [0.15, 0.2) is 0 Å². The van der Waals surface area contributed by atoms with Crippen molar-refractivity contribution in [2.75, 3.05) is 0 Å². The van der Waals surface area contributed by atoms with Crippen LogP contribution in [-0.4, -0.2) is 117 Å². The zero-order valence-electron chi connectivity index (χ0n) is 5.28. The van der Waals surface area contributed by atoms with Gasteiger partial charge in [-0.25, -0.2) is 0 Å². The maximum absolute atomic E-state index is 9.99. The Hall–Kier alpha value is 1.90. The summed E-state index contributed by atoms with van der Waals surface area (Å²) in [7, 11) is 0. The van der Waals surface area contributed by atoms with Gasteiger partial charge < -0.3 is 15.9 Å². The molecule has 0 spiro atoms. The van der Waals surface area contributed by atoms with Gasteiger partial charge >= 0.3 is 101 Å². The van der Waals surface area contributed by atoms with Gasteiger partial charge in [0, 0.05) is 6.42 Å². The monoisotopic (exact) mass is 219 g/mol. The molecule has 1 atom stereocenters. The van der Waals surface area contributed by atoms with Crippen LogP contribution in [0.1, 0.15) is 12.8 Å². The minimum atomic E-state index is -1.17. The topological polar surface area (TPSA) is 101 Å². The number of carboxylic acids is 2. The fourth-order valence-electron chi connectivity index (χ4n) is 0.402. The molecule has 0 fully saturated rings. The number of carbonyl (C=O) groups is 2. The molecule has 4 N–H and O–H groups in total. The van der Waals surface area contributed by atoms with Gasteiger partial charge in [0.05, 0.1) is 0 Å². The molecule has 64 valence electrons. The number of rotatable bonds is 4. The molecule has 0 bridgehead atoms. The van der Waals surface area contributed by atoms with Crippen LogP contribution in [-0.2, 0) is 9.59 Å². The molecule has 0 aliphatic carbocycles. The van der Waals surface area contributed by atoms with Gasteiger partial charge in [0.15, 0.2) is 0 Å². The first-order chi connectivity index (χ1) is 4.54. The van der Waals surface area contributed by atoms with Crippen LogP contribution in [0, 0.1) is 0 Å². The zero-order chi connectivity index (χ0) is 8.15. The third-order valence-corrected chi connectivity index (χ3v) is 0.986. The second kappa shape index (κ2) is 13.9. The van der Waals surface area contributed by atoms with Gasteiger partial charge in [-0.3, -0.25) is 9.59 Å². The molecule has 0 aliphatic rings. The predicted molar refractivity (Wildman–Crippen MR) is 53.9 cm³/mol. The van der Waals surface area contributed by atoms with Gasteiger partial charge in [0.25, 0.3) is 0 Å². The van der Waals surface area contributed by atoms with Gasteiger partial charge in [-0.1, -0.05) is 0 Å². The molecule has 0 aromatic carbocycles. The fourth-order valence-corrected chi connectivity index (χ4v) is 0.402. The summed E-state index contributed by atoms with van der Waals surface area (Å²) in [5.74, 6) is -2.20. The van der Waals surface area contributed by atoms with Crippen LogP contribution in [0.4, 0.5) is 0 Å². The molecule has 0 rings (SSSR count). The Kier molecular flexibility index (Phi) is 25.9. The zero-order valence-corrected chi connectivity index (χ0v) is 5.28. The van der Waals surface area contributed by atoms with Crippen LogP contribution >= 0.6 is 0 Å². The van der Waals surface area contributed by atoms with Crippen molar-refractivity contribution in [2.24, 2.45) is 5.73 Å². The Balaban J connectivity index is -0.000000135. The third kappa shape index (κ3) is 16.6. The maximum atomic E-state index is 9.99. The van der Waals surface area contributed by atoms with Gasteiger partial charge in [-0.05, 0) is 6.42 Å². The van der Waals surface area contributed by atoms with E-state index in [-0.39, 0.29) is 102 Å². The van der Waals surface area contributed by atoms with Gasteiger partial charge in [0.1, 0.15) is 6.04 Å². The van der Waals surface area contributed by atoms with Crippen molar-refractivity contribution in [3.63, 3.8) is 0 Å². The Bertz CT molecular complexity index is 155. The molecular weight excluding hydrogens is 207 g/mol. The fraction of sp³-hybridized carbons (Fsp3) is 0.600. The summed E-state index contributed by atoms with van der Waals surface area (Å²) in [5, 5.41) is 16.3. The van der Waals surface area contributed by atoms with E-state index >= 15 is 0 Å². The van der Waals surface area contributed by atoms with Crippen LogP contribution < -0.4 is 5.73 Å².